The number of pyridine rings is 4. The van der Waals surface area contributed by atoms with Crippen molar-refractivity contribution in [2.45, 2.75) is 103 Å². The Kier molecular flexibility index (Phi) is 11.0. The first-order valence-corrected chi connectivity index (χ1v) is 22.8. The molecule has 1 atom stereocenters. The predicted octanol–water partition coefficient (Wildman–Crippen LogP) is 10.5. The summed E-state index contributed by atoms with van der Waals surface area (Å²) < 4.78 is 67.1. The Balaban J connectivity index is 1.08. The third-order valence-corrected chi connectivity index (χ3v) is 13.1. The zero-order chi connectivity index (χ0) is 48.0. The number of hydrogen-bond acceptors (Lipinski definition) is 10. The fourth-order valence-corrected chi connectivity index (χ4v) is 9.56. The quantitative estimate of drug-likeness (QED) is 0.0941. The maximum absolute atomic E-state index is 16.8. The minimum atomic E-state index is -0.935. The topological polar surface area (TPSA) is 168 Å². The van der Waals surface area contributed by atoms with Gasteiger partial charge >= 0.3 is 11.4 Å². The summed E-state index contributed by atoms with van der Waals surface area (Å²) in [6.45, 7) is 10.8. The molecule has 2 saturated carbocycles. The van der Waals surface area contributed by atoms with Crippen LogP contribution >= 0.6 is 0 Å². The number of fused-ring (bicyclic) bond motifs is 2. The third-order valence-electron chi connectivity index (χ3n) is 13.1. The Bertz CT molecular complexity index is 3450. The van der Waals surface area contributed by atoms with Gasteiger partial charge in [0.15, 0.2) is 17.1 Å². The average molecular weight is 922 g/mol. The van der Waals surface area contributed by atoms with Gasteiger partial charge in [0, 0.05) is 34.8 Å². The smallest absolute Gasteiger partial charge is 0.354 e. The summed E-state index contributed by atoms with van der Waals surface area (Å²) in [5.41, 5.74) is 8.30. The van der Waals surface area contributed by atoms with Crippen molar-refractivity contribution < 1.29 is 22.7 Å². The molecule has 1 unspecified atom stereocenters. The molecule has 12 nitrogen and oxygen atoms in total. The fourth-order valence-electron chi connectivity index (χ4n) is 9.56. The van der Waals surface area contributed by atoms with Gasteiger partial charge in [0.1, 0.15) is 34.6 Å². The molecular formula is C52H47F4N9O3. The first kappa shape index (κ1) is 44.5. The number of hydrogen-bond donors (Lipinski definition) is 2. The molecule has 2 aliphatic carbocycles. The lowest BCUT2D eigenvalue weighted by Gasteiger charge is -2.22. The maximum Gasteiger partial charge on any atom is 0.354 e. The van der Waals surface area contributed by atoms with Crippen LogP contribution in [0.5, 0.6) is 5.75 Å². The van der Waals surface area contributed by atoms with Crippen molar-refractivity contribution in [3.8, 4) is 39.6 Å². The SMILES string of the molecule is Cc1nccc(C(C)Cc2cc(N)c(-c3nc4c(cc3F)c(C(C)C)nc(=O)n4-c3c(C4CC4)ccnc3C3CC3)c(F)c2)c1-n1c(=O)nc(C(C)C)c2cc(F)c(-c3c(O)cccc3F)nc21. The maximum atomic E-state index is 16.8. The lowest BCUT2D eigenvalue weighted by atomic mass is 9.91. The summed E-state index contributed by atoms with van der Waals surface area (Å²) in [6.07, 6.45) is 7.22. The first-order valence-electron chi connectivity index (χ1n) is 22.8. The largest absolute Gasteiger partial charge is 0.507 e. The highest BCUT2D eigenvalue weighted by Gasteiger charge is 2.36. The average Bonchev–Trinajstić information content (AvgIpc) is 4.22. The van der Waals surface area contributed by atoms with Gasteiger partial charge in [-0.3, -0.25) is 9.97 Å². The van der Waals surface area contributed by atoms with Crippen LogP contribution < -0.4 is 17.1 Å². The molecule has 6 heterocycles. The molecule has 6 aromatic heterocycles. The second-order valence-electron chi connectivity index (χ2n) is 18.7. The number of phenols is 1. The highest BCUT2D eigenvalue weighted by Crippen LogP contribution is 2.48. The monoisotopic (exact) mass is 921 g/mol. The number of nitrogens with zero attached hydrogens (tertiary/aromatic N) is 8. The minimum Gasteiger partial charge on any atom is -0.507 e. The molecule has 0 radical (unpaired) electrons. The minimum absolute atomic E-state index is 0.0420. The standard InChI is InChI=1S/C52H47F4N9O3/c1-23(2)42-32-22-37(56)46(41-34(53)8-7-9-39(41)66)61-49(32)64(51(67)62-42)47-26(6)58-16-14-30(47)25(5)18-27-19-35(54)40(38(57)20-27)45-36(55)21-33-43(24(3)4)63-52(68)65(50(33)60-45)48-31(28-10-11-28)15-17-59-44(48)29-12-13-29/h7-9,14-17,19-25,28-29,66H,10-13,18,57H2,1-6H3. The Hall–Kier alpha value is -7.36. The van der Waals surface area contributed by atoms with Crippen molar-refractivity contribution >= 4 is 27.8 Å². The number of nitrogens with two attached hydrogens (primary N) is 1. The molecule has 0 spiro atoms. The second-order valence-corrected chi connectivity index (χ2v) is 18.7. The van der Waals surface area contributed by atoms with Gasteiger partial charge in [-0.05, 0) is 128 Å². The lowest BCUT2D eigenvalue weighted by Crippen LogP contribution is -2.27. The van der Waals surface area contributed by atoms with Crippen molar-refractivity contribution in [3.05, 3.63) is 151 Å². The molecule has 2 aliphatic rings. The van der Waals surface area contributed by atoms with E-state index < -0.39 is 57.6 Å². The van der Waals surface area contributed by atoms with Gasteiger partial charge in [-0.1, -0.05) is 40.7 Å². The molecular weight excluding hydrogens is 875 g/mol. The Morgan fingerprint density at radius 2 is 1.25 bits per heavy atom. The highest BCUT2D eigenvalue weighted by molar-refractivity contribution is 5.87. The fraction of sp³-hybridized carbons (Fsp3) is 0.308. The van der Waals surface area contributed by atoms with Gasteiger partial charge in [0.25, 0.3) is 0 Å². The number of aryl methyl sites for hydroxylation is 1. The summed E-state index contributed by atoms with van der Waals surface area (Å²) in [7, 11) is 0. The molecule has 0 amide bonds. The summed E-state index contributed by atoms with van der Waals surface area (Å²) in [5, 5.41) is 11.2. The molecule has 8 aromatic rings. The molecule has 0 saturated heterocycles. The van der Waals surface area contributed by atoms with E-state index in [2.05, 4.69) is 19.9 Å². The second kappa shape index (κ2) is 16.8. The number of aromatic hydroxyl groups is 1. The van der Waals surface area contributed by atoms with E-state index in [1.54, 1.807) is 45.3 Å². The zero-order valence-electron chi connectivity index (χ0n) is 38.2. The van der Waals surface area contributed by atoms with Crippen LogP contribution in [0.25, 0.3) is 56.0 Å². The zero-order valence-corrected chi connectivity index (χ0v) is 38.2. The van der Waals surface area contributed by atoms with Crippen molar-refractivity contribution in [3.63, 3.8) is 0 Å². The summed E-state index contributed by atoms with van der Waals surface area (Å²) >= 11 is 0. The van der Waals surface area contributed by atoms with Crippen LogP contribution in [0, 0.1) is 30.2 Å². The molecule has 346 valence electrons. The van der Waals surface area contributed by atoms with E-state index in [9.17, 15) is 14.7 Å². The molecule has 10 rings (SSSR count). The number of rotatable bonds is 11. The van der Waals surface area contributed by atoms with E-state index in [0.717, 1.165) is 49.1 Å². The molecule has 2 aromatic carbocycles. The van der Waals surface area contributed by atoms with E-state index in [1.807, 2.05) is 26.8 Å². The van der Waals surface area contributed by atoms with Crippen LogP contribution in [-0.2, 0) is 6.42 Å². The van der Waals surface area contributed by atoms with Gasteiger partial charge in [-0.15, -0.1) is 0 Å². The Morgan fingerprint density at radius 1 is 0.676 bits per heavy atom. The molecule has 0 bridgehead atoms. The van der Waals surface area contributed by atoms with E-state index in [1.165, 1.54) is 33.4 Å². The van der Waals surface area contributed by atoms with Crippen molar-refractivity contribution in [1.82, 2.24) is 39.0 Å². The van der Waals surface area contributed by atoms with Crippen molar-refractivity contribution in [1.29, 1.82) is 0 Å². The summed E-state index contributed by atoms with van der Waals surface area (Å²) in [4.78, 5) is 55.7. The summed E-state index contributed by atoms with van der Waals surface area (Å²) in [5.74, 6) is -4.79. The van der Waals surface area contributed by atoms with Crippen molar-refractivity contribution in [2.24, 2.45) is 0 Å². The van der Waals surface area contributed by atoms with Crippen LogP contribution in [-0.4, -0.2) is 44.1 Å². The van der Waals surface area contributed by atoms with Crippen LogP contribution in [0.2, 0.25) is 0 Å². The molecule has 0 aliphatic heterocycles. The van der Waals surface area contributed by atoms with Gasteiger partial charge in [-0.25, -0.2) is 46.3 Å². The van der Waals surface area contributed by atoms with Gasteiger partial charge in [-0.2, -0.15) is 9.97 Å². The number of benzene rings is 2. The number of phenolic OH excluding ortho intramolecular Hbond substituents is 1. The van der Waals surface area contributed by atoms with Gasteiger partial charge < -0.3 is 10.8 Å². The number of aromatic nitrogens is 8. The Labute approximate surface area is 387 Å². The number of halogens is 4. The van der Waals surface area contributed by atoms with Crippen LogP contribution in [0.15, 0.2) is 76.6 Å². The van der Waals surface area contributed by atoms with Crippen molar-refractivity contribution in [2.75, 3.05) is 5.73 Å². The van der Waals surface area contributed by atoms with E-state index in [0.29, 0.717) is 33.6 Å². The van der Waals surface area contributed by atoms with E-state index in [4.69, 9.17) is 15.7 Å². The Morgan fingerprint density at radius 3 is 1.81 bits per heavy atom. The molecule has 16 heteroatoms. The molecule has 3 N–H and O–H groups in total. The molecule has 68 heavy (non-hydrogen) atoms. The predicted molar refractivity (Wildman–Crippen MR) is 252 cm³/mol. The first-order chi connectivity index (χ1) is 32.5. The highest BCUT2D eigenvalue weighted by atomic mass is 19.1. The third kappa shape index (κ3) is 7.55. The normalized spacial score (nSPS) is 14.5. The van der Waals surface area contributed by atoms with Gasteiger partial charge in [0.2, 0.25) is 0 Å². The van der Waals surface area contributed by atoms with Crippen LogP contribution in [0.1, 0.15) is 129 Å². The van der Waals surface area contributed by atoms with Crippen LogP contribution in [0.4, 0.5) is 23.2 Å². The van der Waals surface area contributed by atoms with Crippen LogP contribution in [0.3, 0.4) is 0 Å². The van der Waals surface area contributed by atoms with E-state index in [-0.39, 0.29) is 75.1 Å². The molecule has 2 fully saturated rings. The van der Waals surface area contributed by atoms with Gasteiger partial charge in [0.05, 0.1) is 45.3 Å². The lowest BCUT2D eigenvalue weighted by molar-refractivity contribution is 0.470. The number of anilines is 1. The van der Waals surface area contributed by atoms with E-state index >= 15 is 17.6 Å². The number of nitrogen functional groups attached to an aromatic ring is 1. The summed E-state index contributed by atoms with van der Waals surface area (Å²) in [6, 6.07) is 12.4.